The molecule has 2 nitrogen and oxygen atoms in total. The maximum absolute atomic E-state index is 3.77. The minimum Gasteiger partial charge on any atom is -0.371 e. The number of benzene rings is 1. The van der Waals surface area contributed by atoms with E-state index in [0.717, 1.165) is 12.0 Å². The summed E-state index contributed by atoms with van der Waals surface area (Å²) in [6.07, 6.45) is 8.42. The Morgan fingerprint density at radius 2 is 1.74 bits per heavy atom. The number of piperidine rings is 1. The predicted octanol–water partition coefficient (Wildman–Crippen LogP) is 3.44. The van der Waals surface area contributed by atoms with Crippen LogP contribution >= 0.6 is 0 Å². The molecule has 1 aliphatic heterocycles. The minimum atomic E-state index is 0.750. The van der Waals surface area contributed by atoms with Gasteiger partial charge in [0.25, 0.3) is 0 Å². The molecule has 1 saturated carbocycles. The highest BCUT2D eigenvalue weighted by molar-refractivity contribution is 5.46. The Labute approximate surface area is 117 Å². The third-order valence-corrected chi connectivity index (χ3v) is 4.83. The van der Waals surface area contributed by atoms with Gasteiger partial charge in [0.2, 0.25) is 0 Å². The van der Waals surface area contributed by atoms with Crippen molar-refractivity contribution in [2.24, 2.45) is 5.92 Å². The van der Waals surface area contributed by atoms with E-state index < -0.39 is 0 Å². The molecule has 1 aromatic rings. The SMILES string of the molecule is c1ccc(N2CCC(NCCC3CCC3)CC2)cc1. The van der Waals surface area contributed by atoms with Crippen molar-refractivity contribution in [3.63, 3.8) is 0 Å². The zero-order chi connectivity index (χ0) is 12.9. The number of anilines is 1. The lowest BCUT2D eigenvalue weighted by molar-refractivity contribution is 0.282. The molecule has 2 heteroatoms. The smallest absolute Gasteiger partial charge is 0.0366 e. The zero-order valence-corrected chi connectivity index (χ0v) is 11.9. The summed E-state index contributed by atoms with van der Waals surface area (Å²) in [4.78, 5) is 2.52. The van der Waals surface area contributed by atoms with Gasteiger partial charge in [-0.1, -0.05) is 37.5 Å². The molecule has 1 aliphatic carbocycles. The topological polar surface area (TPSA) is 15.3 Å². The molecule has 1 aromatic carbocycles. The quantitative estimate of drug-likeness (QED) is 0.870. The average Bonchev–Trinajstić information content (AvgIpc) is 2.43. The van der Waals surface area contributed by atoms with Gasteiger partial charge in [-0.15, -0.1) is 0 Å². The number of nitrogens with one attached hydrogen (secondary N) is 1. The number of rotatable bonds is 5. The van der Waals surface area contributed by atoms with Gasteiger partial charge in [-0.3, -0.25) is 0 Å². The molecule has 0 atom stereocenters. The van der Waals surface area contributed by atoms with Crippen LogP contribution in [0.15, 0.2) is 30.3 Å². The van der Waals surface area contributed by atoms with E-state index in [0.29, 0.717) is 0 Å². The van der Waals surface area contributed by atoms with Crippen molar-refractivity contribution in [3.8, 4) is 0 Å². The van der Waals surface area contributed by atoms with E-state index in [2.05, 4.69) is 40.5 Å². The molecule has 2 fully saturated rings. The summed E-state index contributed by atoms with van der Waals surface area (Å²) in [6, 6.07) is 11.6. The fourth-order valence-electron chi connectivity index (χ4n) is 3.25. The van der Waals surface area contributed by atoms with Crippen molar-refractivity contribution in [1.29, 1.82) is 0 Å². The van der Waals surface area contributed by atoms with Crippen molar-refractivity contribution in [2.75, 3.05) is 24.5 Å². The second-order valence-corrected chi connectivity index (χ2v) is 6.14. The van der Waals surface area contributed by atoms with Crippen molar-refractivity contribution in [2.45, 2.75) is 44.6 Å². The first kappa shape index (κ1) is 13.0. The second kappa shape index (κ2) is 6.42. The van der Waals surface area contributed by atoms with Gasteiger partial charge in [0.15, 0.2) is 0 Å². The lowest BCUT2D eigenvalue weighted by atomic mass is 9.83. The maximum atomic E-state index is 3.77. The first-order valence-corrected chi connectivity index (χ1v) is 7.95. The van der Waals surface area contributed by atoms with Crippen molar-refractivity contribution < 1.29 is 0 Å². The van der Waals surface area contributed by atoms with Crippen molar-refractivity contribution in [1.82, 2.24) is 5.32 Å². The normalized spacial score (nSPS) is 21.4. The van der Waals surface area contributed by atoms with Gasteiger partial charge in [-0.2, -0.15) is 0 Å². The predicted molar refractivity (Wildman–Crippen MR) is 81.6 cm³/mol. The minimum absolute atomic E-state index is 0.750. The summed E-state index contributed by atoms with van der Waals surface area (Å²) in [5.74, 6) is 1.04. The van der Waals surface area contributed by atoms with Gasteiger partial charge in [0.1, 0.15) is 0 Å². The fraction of sp³-hybridized carbons (Fsp3) is 0.647. The maximum Gasteiger partial charge on any atom is 0.0366 e. The van der Waals surface area contributed by atoms with E-state index in [1.165, 1.54) is 63.8 Å². The summed E-state index contributed by atoms with van der Waals surface area (Å²) >= 11 is 0. The van der Waals surface area contributed by atoms with Gasteiger partial charge in [-0.25, -0.2) is 0 Å². The highest BCUT2D eigenvalue weighted by Crippen LogP contribution is 2.29. The summed E-state index contributed by atoms with van der Waals surface area (Å²) in [7, 11) is 0. The summed E-state index contributed by atoms with van der Waals surface area (Å²) in [5, 5.41) is 3.77. The molecule has 0 unspecified atom stereocenters. The van der Waals surface area contributed by atoms with Crippen molar-refractivity contribution in [3.05, 3.63) is 30.3 Å². The van der Waals surface area contributed by atoms with Gasteiger partial charge in [0.05, 0.1) is 0 Å². The molecule has 19 heavy (non-hydrogen) atoms. The Morgan fingerprint density at radius 3 is 2.37 bits per heavy atom. The molecule has 104 valence electrons. The third kappa shape index (κ3) is 3.50. The summed E-state index contributed by atoms with van der Waals surface area (Å²) in [5.41, 5.74) is 1.38. The van der Waals surface area contributed by atoms with E-state index >= 15 is 0 Å². The summed E-state index contributed by atoms with van der Waals surface area (Å²) in [6.45, 7) is 3.64. The average molecular weight is 258 g/mol. The van der Waals surface area contributed by atoms with Gasteiger partial charge >= 0.3 is 0 Å². The molecule has 0 bridgehead atoms. The van der Waals surface area contributed by atoms with Crippen LogP contribution in [0.4, 0.5) is 5.69 Å². The molecular formula is C17H26N2. The molecular weight excluding hydrogens is 232 g/mol. The molecule has 0 spiro atoms. The number of para-hydroxylation sites is 1. The second-order valence-electron chi connectivity index (χ2n) is 6.14. The molecule has 3 rings (SSSR count). The van der Waals surface area contributed by atoms with Crippen LogP contribution in [0.3, 0.4) is 0 Å². The number of nitrogens with zero attached hydrogens (tertiary/aromatic N) is 1. The van der Waals surface area contributed by atoms with Gasteiger partial charge in [0, 0.05) is 24.8 Å². The van der Waals surface area contributed by atoms with Crippen LogP contribution in [0.1, 0.15) is 38.5 Å². The lowest BCUT2D eigenvalue weighted by Gasteiger charge is -2.34. The Hall–Kier alpha value is -1.02. The molecule has 1 heterocycles. The van der Waals surface area contributed by atoms with E-state index in [-0.39, 0.29) is 0 Å². The highest BCUT2D eigenvalue weighted by atomic mass is 15.1. The van der Waals surface area contributed by atoms with E-state index in [4.69, 9.17) is 0 Å². The van der Waals surface area contributed by atoms with Crippen LogP contribution in [0.25, 0.3) is 0 Å². The Balaban J connectivity index is 1.37. The Bertz CT molecular complexity index is 364. The monoisotopic (exact) mass is 258 g/mol. The molecule has 2 aliphatic rings. The number of hydrogen-bond donors (Lipinski definition) is 1. The van der Waals surface area contributed by atoms with Crippen LogP contribution < -0.4 is 10.2 Å². The lowest BCUT2D eigenvalue weighted by Crippen LogP contribution is -2.43. The van der Waals surface area contributed by atoms with Gasteiger partial charge < -0.3 is 10.2 Å². The Morgan fingerprint density at radius 1 is 1.00 bits per heavy atom. The summed E-state index contributed by atoms with van der Waals surface area (Å²) < 4.78 is 0. The third-order valence-electron chi connectivity index (χ3n) is 4.83. The van der Waals surface area contributed by atoms with Crippen LogP contribution in [0, 0.1) is 5.92 Å². The van der Waals surface area contributed by atoms with E-state index in [9.17, 15) is 0 Å². The molecule has 0 amide bonds. The van der Waals surface area contributed by atoms with Crippen molar-refractivity contribution >= 4 is 5.69 Å². The van der Waals surface area contributed by atoms with Crippen LogP contribution in [0.5, 0.6) is 0 Å². The first-order chi connectivity index (χ1) is 9.42. The van der Waals surface area contributed by atoms with E-state index in [1.54, 1.807) is 0 Å². The molecule has 1 N–H and O–H groups in total. The first-order valence-electron chi connectivity index (χ1n) is 7.95. The zero-order valence-electron chi connectivity index (χ0n) is 11.9. The highest BCUT2D eigenvalue weighted by Gasteiger charge is 2.20. The fourth-order valence-corrected chi connectivity index (χ4v) is 3.25. The standard InChI is InChI=1S/C17H26N2/c1-2-7-17(8-3-1)19-13-10-16(11-14-19)18-12-9-15-5-4-6-15/h1-3,7-8,15-16,18H,4-6,9-14H2. The number of hydrogen-bond acceptors (Lipinski definition) is 2. The Kier molecular flexibility index (Phi) is 4.39. The van der Waals surface area contributed by atoms with Crippen LogP contribution in [-0.2, 0) is 0 Å². The van der Waals surface area contributed by atoms with E-state index in [1.807, 2.05) is 0 Å². The molecule has 0 aromatic heterocycles. The molecule has 1 saturated heterocycles. The molecule has 0 radical (unpaired) electrons. The van der Waals surface area contributed by atoms with Crippen LogP contribution in [0.2, 0.25) is 0 Å². The van der Waals surface area contributed by atoms with Crippen LogP contribution in [-0.4, -0.2) is 25.7 Å². The largest absolute Gasteiger partial charge is 0.371 e. The van der Waals surface area contributed by atoms with Gasteiger partial charge in [-0.05, 0) is 43.9 Å².